The van der Waals surface area contributed by atoms with E-state index in [1.165, 1.54) is 0 Å². The first-order valence-electron chi connectivity index (χ1n) is 3.49. The Morgan fingerprint density at radius 2 is 2.07 bits per heavy atom. The summed E-state index contributed by atoms with van der Waals surface area (Å²) in [5.41, 5.74) is 3.11. The Kier molecular flexibility index (Phi) is 3.84. The number of halogens is 2. The largest absolute Gasteiger partial charge is 0.430 e. The van der Waals surface area contributed by atoms with Crippen LogP contribution in [0.3, 0.4) is 0 Å². The Bertz CT molecular complexity index is 366. The fourth-order valence-corrected chi connectivity index (χ4v) is 0.891. The smallest absolute Gasteiger partial charge is 0.357 e. The molecule has 1 N–H and O–H groups in total. The van der Waals surface area contributed by atoms with Crippen LogP contribution >= 0.6 is 27.5 Å². The quantitative estimate of drug-likeness (QED) is 0.297. The van der Waals surface area contributed by atoms with Gasteiger partial charge in [-0.2, -0.15) is 5.43 Å². The molecule has 1 rings (SSSR count). The Hall–Kier alpha value is -1.14. The van der Waals surface area contributed by atoms with Crippen molar-refractivity contribution < 1.29 is 4.92 Å². The standard InChI is InChI=1S/C7H5BrClN3O2/c8-7(12(13)14)11-10-6-3-1-5(9)2-4-6/h1-4,10H. The van der Waals surface area contributed by atoms with E-state index in [-0.39, 0.29) is 4.74 Å². The van der Waals surface area contributed by atoms with Crippen molar-refractivity contribution in [3.63, 3.8) is 0 Å². The monoisotopic (exact) mass is 277 g/mol. The third-order valence-corrected chi connectivity index (χ3v) is 1.99. The van der Waals surface area contributed by atoms with E-state index in [0.29, 0.717) is 10.7 Å². The molecular weight excluding hydrogens is 273 g/mol. The van der Waals surface area contributed by atoms with Crippen LogP contribution in [0.1, 0.15) is 0 Å². The van der Waals surface area contributed by atoms with E-state index in [4.69, 9.17) is 11.6 Å². The van der Waals surface area contributed by atoms with E-state index in [2.05, 4.69) is 26.5 Å². The Labute approximate surface area is 93.0 Å². The van der Waals surface area contributed by atoms with E-state index in [9.17, 15) is 10.1 Å². The molecule has 74 valence electrons. The molecular formula is C7H5BrClN3O2. The number of amidine groups is 1. The van der Waals surface area contributed by atoms with Gasteiger partial charge >= 0.3 is 4.74 Å². The highest BCUT2D eigenvalue weighted by Gasteiger charge is 2.05. The van der Waals surface area contributed by atoms with Crippen LogP contribution in [0.25, 0.3) is 0 Å². The molecule has 0 spiro atoms. The first-order chi connectivity index (χ1) is 6.59. The van der Waals surface area contributed by atoms with Gasteiger partial charge in [-0.15, -0.1) is 0 Å². The lowest BCUT2D eigenvalue weighted by Crippen LogP contribution is -2.05. The van der Waals surface area contributed by atoms with Crippen molar-refractivity contribution >= 4 is 38.0 Å². The van der Waals surface area contributed by atoms with Gasteiger partial charge in [-0.3, -0.25) is 0 Å². The SMILES string of the molecule is O=[N+]([O-])C(Br)=NNc1ccc(Cl)cc1. The van der Waals surface area contributed by atoms with Crippen LogP contribution in [-0.4, -0.2) is 9.67 Å². The molecule has 1 aromatic carbocycles. The molecule has 0 unspecified atom stereocenters. The van der Waals surface area contributed by atoms with Gasteiger partial charge in [0.2, 0.25) is 0 Å². The lowest BCUT2D eigenvalue weighted by Gasteiger charge is -1.94. The summed E-state index contributed by atoms with van der Waals surface area (Å²) in [5.74, 6) is 0. The summed E-state index contributed by atoms with van der Waals surface area (Å²) in [6.07, 6.45) is 0. The highest BCUT2D eigenvalue weighted by Crippen LogP contribution is 2.13. The minimum absolute atomic E-state index is 0.382. The van der Waals surface area contributed by atoms with Crippen molar-refractivity contribution in [1.82, 2.24) is 0 Å². The Morgan fingerprint density at radius 3 is 2.57 bits per heavy atom. The summed E-state index contributed by atoms with van der Waals surface area (Å²) >= 11 is 8.32. The van der Waals surface area contributed by atoms with Gasteiger partial charge in [-0.05, 0) is 29.2 Å². The van der Waals surface area contributed by atoms with Crippen LogP contribution in [0.5, 0.6) is 0 Å². The molecule has 0 atom stereocenters. The topological polar surface area (TPSA) is 67.5 Å². The van der Waals surface area contributed by atoms with Gasteiger partial charge in [-0.1, -0.05) is 11.6 Å². The predicted octanol–water partition coefficient (Wildman–Crippen LogP) is 2.69. The minimum atomic E-state index is -0.650. The normalized spacial score (nSPS) is 11.1. The zero-order chi connectivity index (χ0) is 10.6. The van der Waals surface area contributed by atoms with Crippen molar-refractivity contribution in [2.24, 2.45) is 5.10 Å². The summed E-state index contributed by atoms with van der Waals surface area (Å²) < 4.78 is -0.382. The van der Waals surface area contributed by atoms with Crippen LogP contribution in [0.2, 0.25) is 5.02 Å². The van der Waals surface area contributed by atoms with Crippen molar-refractivity contribution in [2.45, 2.75) is 0 Å². The molecule has 0 saturated heterocycles. The summed E-state index contributed by atoms with van der Waals surface area (Å²) in [6, 6.07) is 6.62. The maximum atomic E-state index is 10.1. The second-order valence-corrected chi connectivity index (χ2v) is 3.40. The Morgan fingerprint density at radius 1 is 1.50 bits per heavy atom. The van der Waals surface area contributed by atoms with Gasteiger partial charge in [0.15, 0.2) is 0 Å². The molecule has 0 heterocycles. The van der Waals surface area contributed by atoms with E-state index in [1.54, 1.807) is 24.3 Å². The number of nitro groups is 1. The molecule has 7 heteroatoms. The maximum absolute atomic E-state index is 10.1. The van der Waals surface area contributed by atoms with Gasteiger partial charge in [0, 0.05) is 5.02 Å². The third-order valence-electron chi connectivity index (χ3n) is 1.27. The molecule has 0 aliphatic rings. The highest BCUT2D eigenvalue weighted by atomic mass is 79.9. The van der Waals surface area contributed by atoms with Crippen molar-refractivity contribution in [1.29, 1.82) is 0 Å². The number of hydrogen-bond acceptors (Lipinski definition) is 4. The van der Waals surface area contributed by atoms with Crippen LogP contribution in [0.15, 0.2) is 29.4 Å². The minimum Gasteiger partial charge on any atom is -0.357 e. The second kappa shape index (κ2) is 4.92. The molecule has 0 radical (unpaired) electrons. The average Bonchev–Trinajstić information content (AvgIpc) is 2.16. The number of rotatable bonds is 2. The molecule has 0 aliphatic carbocycles. The summed E-state index contributed by atoms with van der Waals surface area (Å²) in [7, 11) is 0. The summed E-state index contributed by atoms with van der Waals surface area (Å²) in [5, 5.41) is 14.2. The number of nitrogens with zero attached hydrogens (tertiary/aromatic N) is 2. The van der Waals surface area contributed by atoms with E-state index in [0.717, 1.165) is 0 Å². The molecule has 0 bridgehead atoms. The van der Waals surface area contributed by atoms with Gasteiger partial charge in [0.1, 0.15) is 0 Å². The zero-order valence-electron chi connectivity index (χ0n) is 6.78. The molecule has 0 amide bonds. The summed E-state index contributed by atoms with van der Waals surface area (Å²) in [6.45, 7) is 0. The fourth-order valence-electron chi connectivity index (χ4n) is 0.676. The fraction of sp³-hybridized carbons (Fsp3) is 0. The molecule has 0 aliphatic heterocycles. The number of hydrazone groups is 1. The number of hydrogen-bond donors (Lipinski definition) is 1. The first-order valence-corrected chi connectivity index (χ1v) is 4.66. The molecule has 0 fully saturated rings. The van der Waals surface area contributed by atoms with Crippen molar-refractivity contribution in [2.75, 3.05) is 5.43 Å². The third kappa shape index (κ3) is 3.31. The van der Waals surface area contributed by atoms with Gasteiger partial charge in [0.25, 0.3) is 0 Å². The van der Waals surface area contributed by atoms with E-state index < -0.39 is 4.92 Å². The van der Waals surface area contributed by atoms with Crippen LogP contribution in [0, 0.1) is 10.1 Å². The Balaban J connectivity index is 2.66. The van der Waals surface area contributed by atoms with Gasteiger partial charge in [-0.25, -0.2) is 0 Å². The molecule has 1 aromatic rings. The molecule has 0 aromatic heterocycles. The summed E-state index contributed by atoms with van der Waals surface area (Å²) in [4.78, 5) is 9.49. The van der Waals surface area contributed by atoms with Gasteiger partial charge in [0.05, 0.1) is 26.7 Å². The highest BCUT2D eigenvalue weighted by molar-refractivity contribution is 9.18. The lowest BCUT2D eigenvalue weighted by atomic mass is 10.3. The predicted molar refractivity (Wildman–Crippen MR) is 58.4 cm³/mol. The van der Waals surface area contributed by atoms with E-state index >= 15 is 0 Å². The number of nitrogens with one attached hydrogen (secondary N) is 1. The van der Waals surface area contributed by atoms with Crippen molar-refractivity contribution in [3.05, 3.63) is 39.4 Å². The van der Waals surface area contributed by atoms with Crippen LogP contribution in [-0.2, 0) is 0 Å². The second-order valence-electron chi connectivity index (χ2n) is 2.26. The lowest BCUT2D eigenvalue weighted by molar-refractivity contribution is -0.342. The van der Waals surface area contributed by atoms with Gasteiger partial charge < -0.3 is 10.1 Å². The molecule has 14 heavy (non-hydrogen) atoms. The van der Waals surface area contributed by atoms with E-state index in [1.807, 2.05) is 0 Å². The van der Waals surface area contributed by atoms with Crippen molar-refractivity contribution in [3.8, 4) is 0 Å². The van der Waals surface area contributed by atoms with Crippen LogP contribution < -0.4 is 5.43 Å². The zero-order valence-corrected chi connectivity index (χ0v) is 9.12. The molecule has 5 nitrogen and oxygen atoms in total. The average molecular weight is 278 g/mol. The first kappa shape index (κ1) is 10.9. The van der Waals surface area contributed by atoms with Crippen LogP contribution in [0.4, 0.5) is 5.69 Å². The maximum Gasteiger partial charge on any atom is 0.430 e. The number of anilines is 1. The molecule has 0 saturated carbocycles. The number of benzene rings is 1.